The van der Waals surface area contributed by atoms with E-state index in [1.165, 1.54) is 6.08 Å². The molecule has 30 heavy (non-hydrogen) atoms. The summed E-state index contributed by atoms with van der Waals surface area (Å²) < 4.78 is 31.7. The summed E-state index contributed by atoms with van der Waals surface area (Å²) >= 11 is 0. The third-order valence-corrected chi connectivity index (χ3v) is 3.92. The molecule has 0 saturated heterocycles. The Hall–Kier alpha value is -2.71. The number of hydrogen-bond donors (Lipinski definition) is 0. The Morgan fingerprint density at radius 1 is 0.833 bits per heavy atom. The van der Waals surface area contributed by atoms with Crippen molar-refractivity contribution < 1.29 is 33.2 Å². The van der Waals surface area contributed by atoms with Gasteiger partial charge in [0.15, 0.2) is 19.4 Å². The first kappa shape index (κ1) is 23.6. The lowest BCUT2D eigenvalue weighted by molar-refractivity contribution is -0.0118. The van der Waals surface area contributed by atoms with Crippen molar-refractivity contribution in [2.24, 2.45) is 0 Å². The van der Waals surface area contributed by atoms with E-state index in [4.69, 9.17) is 28.4 Å². The van der Waals surface area contributed by atoms with Crippen LogP contribution in [-0.2, 0) is 18.9 Å². The highest BCUT2D eigenvalue weighted by molar-refractivity contribution is 6.08. The quantitative estimate of drug-likeness (QED) is 0.190. The van der Waals surface area contributed by atoms with E-state index in [1.54, 1.807) is 38.5 Å². The van der Waals surface area contributed by atoms with Crippen molar-refractivity contribution in [1.82, 2.24) is 0 Å². The summed E-state index contributed by atoms with van der Waals surface area (Å²) in [6, 6.07) is 14.6. The zero-order chi connectivity index (χ0) is 21.4. The van der Waals surface area contributed by atoms with Gasteiger partial charge >= 0.3 is 0 Å². The minimum absolute atomic E-state index is 0.0141. The summed E-state index contributed by atoms with van der Waals surface area (Å²) in [6.07, 6.45) is 3.27. The third kappa shape index (κ3) is 8.75. The van der Waals surface area contributed by atoms with Crippen molar-refractivity contribution in [1.29, 1.82) is 0 Å². The third-order valence-electron chi connectivity index (χ3n) is 3.92. The lowest BCUT2D eigenvalue weighted by atomic mass is 10.1. The Kier molecular flexibility index (Phi) is 11.2. The molecule has 7 nitrogen and oxygen atoms in total. The number of ketones is 1. The van der Waals surface area contributed by atoms with Crippen LogP contribution in [0.5, 0.6) is 11.5 Å². The van der Waals surface area contributed by atoms with Crippen LogP contribution in [0.1, 0.15) is 15.9 Å². The lowest BCUT2D eigenvalue weighted by Gasteiger charge is -2.13. The molecule has 0 unspecified atom stereocenters. The summed E-state index contributed by atoms with van der Waals surface area (Å²) in [4.78, 5) is 12.7. The first-order valence-corrected chi connectivity index (χ1v) is 9.55. The Balaban J connectivity index is 2.05. The van der Waals surface area contributed by atoms with Gasteiger partial charge in [-0.15, -0.1) is 0 Å². The van der Waals surface area contributed by atoms with E-state index in [9.17, 15) is 4.79 Å². The minimum Gasteiger partial charge on any atom is -0.467 e. The molecule has 0 spiro atoms. The number of rotatable bonds is 15. The van der Waals surface area contributed by atoms with Crippen LogP contribution in [0.2, 0.25) is 0 Å². The predicted octanol–water partition coefficient (Wildman–Crippen LogP) is 3.58. The van der Waals surface area contributed by atoms with Crippen LogP contribution in [0, 0.1) is 0 Å². The Morgan fingerprint density at radius 3 is 2.17 bits per heavy atom. The van der Waals surface area contributed by atoms with Crippen LogP contribution in [0.15, 0.2) is 54.6 Å². The fraction of sp³-hybridized carbons (Fsp3) is 0.348. The van der Waals surface area contributed by atoms with Gasteiger partial charge in [0, 0.05) is 20.3 Å². The van der Waals surface area contributed by atoms with Gasteiger partial charge in [-0.25, -0.2) is 0 Å². The molecular formula is C23H28O7. The SMILES string of the molecule is COCCOCOc1ccc(C(=O)C=Cc2ccccc2)c(OCOCCOC)c1. The van der Waals surface area contributed by atoms with Gasteiger partial charge in [0.1, 0.15) is 11.5 Å². The summed E-state index contributed by atoms with van der Waals surface area (Å²) in [6.45, 7) is 1.80. The minimum atomic E-state index is -0.186. The molecule has 0 N–H and O–H groups in total. The number of methoxy groups -OCH3 is 2. The molecule has 0 radical (unpaired) electrons. The van der Waals surface area contributed by atoms with Gasteiger partial charge in [0.2, 0.25) is 0 Å². The van der Waals surface area contributed by atoms with E-state index < -0.39 is 0 Å². The van der Waals surface area contributed by atoms with E-state index in [-0.39, 0.29) is 19.4 Å². The highest BCUT2D eigenvalue weighted by Gasteiger charge is 2.12. The molecule has 2 rings (SSSR count). The van der Waals surface area contributed by atoms with Crippen molar-refractivity contribution in [3.05, 3.63) is 65.7 Å². The van der Waals surface area contributed by atoms with Crippen molar-refractivity contribution >= 4 is 11.9 Å². The second kappa shape index (κ2) is 14.3. The maximum Gasteiger partial charge on any atom is 0.189 e. The Labute approximate surface area is 177 Å². The normalized spacial score (nSPS) is 11.0. The second-order valence-electron chi connectivity index (χ2n) is 6.09. The summed E-state index contributed by atoms with van der Waals surface area (Å²) in [5.41, 5.74) is 1.34. The standard InChI is InChI=1S/C23H28O7/c1-25-12-14-27-17-29-20-9-10-21(23(16-20)30-18-28-15-13-26-2)22(24)11-8-19-6-4-3-5-7-19/h3-11,16H,12-15,17-18H2,1-2H3. The zero-order valence-electron chi connectivity index (χ0n) is 17.4. The number of carbonyl (C=O) groups excluding carboxylic acids is 1. The van der Waals surface area contributed by atoms with Crippen LogP contribution >= 0.6 is 0 Å². The number of carbonyl (C=O) groups is 1. The van der Waals surface area contributed by atoms with Crippen LogP contribution in [0.25, 0.3) is 6.08 Å². The average Bonchev–Trinajstić information content (AvgIpc) is 2.78. The molecule has 2 aromatic carbocycles. The summed E-state index contributed by atoms with van der Waals surface area (Å²) in [7, 11) is 3.19. The molecule has 0 aliphatic rings. The van der Waals surface area contributed by atoms with E-state index >= 15 is 0 Å². The molecular weight excluding hydrogens is 388 g/mol. The van der Waals surface area contributed by atoms with E-state index in [1.807, 2.05) is 30.3 Å². The molecule has 0 amide bonds. The topological polar surface area (TPSA) is 72.5 Å². The smallest absolute Gasteiger partial charge is 0.189 e. The van der Waals surface area contributed by atoms with E-state index in [0.29, 0.717) is 43.5 Å². The molecule has 0 aliphatic heterocycles. The van der Waals surface area contributed by atoms with Crippen LogP contribution in [-0.4, -0.2) is 60.0 Å². The molecule has 0 heterocycles. The van der Waals surface area contributed by atoms with Crippen LogP contribution < -0.4 is 9.47 Å². The number of ether oxygens (including phenoxy) is 6. The number of benzene rings is 2. The Morgan fingerprint density at radius 2 is 1.50 bits per heavy atom. The van der Waals surface area contributed by atoms with Crippen molar-refractivity contribution in [3.8, 4) is 11.5 Å². The monoisotopic (exact) mass is 416 g/mol. The van der Waals surface area contributed by atoms with E-state index in [2.05, 4.69) is 0 Å². The largest absolute Gasteiger partial charge is 0.467 e. The highest BCUT2D eigenvalue weighted by atomic mass is 16.7. The fourth-order valence-corrected chi connectivity index (χ4v) is 2.36. The Bertz CT molecular complexity index is 774. The van der Waals surface area contributed by atoms with Gasteiger partial charge in [-0.05, 0) is 23.8 Å². The lowest BCUT2D eigenvalue weighted by Crippen LogP contribution is -2.11. The maximum absolute atomic E-state index is 12.7. The number of hydrogen-bond acceptors (Lipinski definition) is 7. The molecule has 2 aromatic rings. The van der Waals surface area contributed by atoms with E-state index in [0.717, 1.165) is 5.56 Å². The van der Waals surface area contributed by atoms with Crippen LogP contribution in [0.3, 0.4) is 0 Å². The van der Waals surface area contributed by atoms with Crippen LogP contribution in [0.4, 0.5) is 0 Å². The molecule has 7 heteroatoms. The zero-order valence-corrected chi connectivity index (χ0v) is 17.4. The molecule has 162 valence electrons. The molecule has 0 atom stereocenters. The maximum atomic E-state index is 12.7. The first-order chi connectivity index (χ1) is 14.7. The highest BCUT2D eigenvalue weighted by Crippen LogP contribution is 2.26. The molecule has 0 bridgehead atoms. The fourth-order valence-electron chi connectivity index (χ4n) is 2.36. The van der Waals surface area contributed by atoms with Crippen molar-refractivity contribution in [2.75, 3.05) is 54.2 Å². The number of allylic oxidation sites excluding steroid dienone is 1. The van der Waals surface area contributed by atoms with Gasteiger partial charge in [0.25, 0.3) is 0 Å². The molecule has 0 fully saturated rings. The molecule has 0 saturated carbocycles. The molecule has 0 aromatic heterocycles. The van der Waals surface area contributed by atoms with Crippen molar-refractivity contribution in [2.45, 2.75) is 0 Å². The second-order valence-corrected chi connectivity index (χ2v) is 6.09. The van der Waals surface area contributed by atoms with Gasteiger partial charge in [-0.3, -0.25) is 4.79 Å². The first-order valence-electron chi connectivity index (χ1n) is 9.55. The van der Waals surface area contributed by atoms with Crippen molar-refractivity contribution in [3.63, 3.8) is 0 Å². The predicted molar refractivity (Wildman–Crippen MR) is 113 cm³/mol. The van der Waals surface area contributed by atoms with Gasteiger partial charge in [-0.1, -0.05) is 36.4 Å². The summed E-state index contributed by atoms with van der Waals surface area (Å²) in [5, 5.41) is 0. The van der Waals surface area contributed by atoms with Gasteiger partial charge < -0.3 is 28.4 Å². The summed E-state index contributed by atoms with van der Waals surface area (Å²) in [5.74, 6) is 0.695. The molecule has 0 aliphatic carbocycles. The average molecular weight is 416 g/mol. The van der Waals surface area contributed by atoms with Gasteiger partial charge in [0.05, 0.1) is 32.0 Å². The van der Waals surface area contributed by atoms with Gasteiger partial charge in [-0.2, -0.15) is 0 Å².